The maximum atomic E-state index is 5.98. The van der Waals surface area contributed by atoms with Gasteiger partial charge < -0.3 is 4.74 Å². The molecule has 0 spiro atoms. The van der Waals surface area contributed by atoms with Crippen LogP contribution in [0, 0.1) is 5.92 Å². The molecule has 0 radical (unpaired) electrons. The van der Waals surface area contributed by atoms with Crippen molar-refractivity contribution in [1.82, 2.24) is 4.98 Å². The first-order valence-electron chi connectivity index (χ1n) is 13.6. The molecule has 1 heterocycles. The van der Waals surface area contributed by atoms with Gasteiger partial charge in [-0.15, -0.1) is 11.3 Å². The molecule has 0 bridgehead atoms. The Labute approximate surface area is 210 Å². The van der Waals surface area contributed by atoms with Gasteiger partial charge in [-0.05, 0) is 60.6 Å². The second kappa shape index (κ2) is 13.7. The van der Waals surface area contributed by atoms with Crippen molar-refractivity contribution in [3.8, 4) is 26.8 Å². The highest BCUT2D eigenvalue weighted by atomic mass is 32.1. The minimum atomic E-state index is 0.819. The van der Waals surface area contributed by atoms with Crippen LogP contribution in [0.5, 0.6) is 5.75 Å². The maximum absolute atomic E-state index is 5.98. The molecule has 0 saturated heterocycles. The Morgan fingerprint density at radius 2 is 1.56 bits per heavy atom. The average Bonchev–Trinajstić information content (AvgIpc) is 3.58. The lowest BCUT2D eigenvalue weighted by molar-refractivity contribution is 0.302. The zero-order valence-electron chi connectivity index (χ0n) is 20.9. The lowest BCUT2D eigenvalue weighted by Crippen LogP contribution is -1.98. The molecule has 2 nitrogen and oxygen atoms in total. The van der Waals surface area contributed by atoms with Crippen LogP contribution in [0.3, 0.4) is 0 Å². The summed E-state index contributed by atoms with van der Waals surface area (Å²) in [4.78, 5) is 5.92. The highest BCUT2D eigenvalue weighted by molar-refractivity contribution is 7.18. The van der Waals surface area contributed by atoms with Gasteiger partial charge in [0.2, 0.25) is 0 Å². The van der Waals surface area contributed by atoms with Crippen LogP contribution in [0.1, 0.15) is 89.5 Å². The number of nitrogens with zero attached hydrogens (tertiary/aromatic N) is 1. The molecule has 2 aromatic carbocycles. The van der Waals surface area contributed by atoms with E-state index in [2.05, 4.69) is 55.5 Å². The number of aryl methyl sites for hydroxylation is 1. The van der Waals surface area contributed by atoms with Crippen molar-refractivity contribution < 1.29 is 4.74 Å². The molecule has 4 rings (SSSR count). The van der Waals surface area contributed by atoms with Crippen LogP contribution in [-0.4, -0.2) is 11.6 Å². The Morgan fingerprint density at radius 3 is 2.32 bits per heavy atom. The summed E-state index contributed by atoms with van der Waals surface area (Å²) in [6.07, 6.45) is 19.5. The molecule has 3 heteroatoms. The number of hydrogen-bond donors (Lipinski definition) is 0. The molecule has 182 valence electrons. The molecule has 0 amide bonds. The van der Waals surface area contributed by atoms with Crippen LogP contribution in [0.15, 0.2) is 54.7 Å². The zero-order chi connectivity index (χ0) is 23.4. The number of aromatic nitrogens is 1. The normalized spacial score (nSPS) is 14.0. The topological polar surface area (TPSA) is 22.1 Å². The fourth-order valence-electron chi connectivity index (χ4n) is 5.03. The molecular formula is C31H41NOS. The van der Waals surface area contributed by atoms with Crippen molar-refractivity contribution >= 4 is 11.3 Å². The van der Waals surface area contributed by atoms with Crippen LogP contribution < -0.4 is 4.74 Å². The first-order valence-corrected chi connectivity index (χ1v) is 14.4. The van der Waals surface area contributed by atoms with Gasteiger partial charge in [-0.2, -0.15) is 0 Å². The van der Waals surface area contributed by atoms with Crippen molar-refractivity contribution in [2.24, 2.45) is 5.92 Å². The number of thiazole rings is 1. The molecule has 0 atom stereocenters. The second-order valence-electron chi connectivity index (χ2n) is 9.91. The standard InChI is InChI=1S/C31H41NOS/c1-2-3-4-6-12-26-15-17-27(18-16-26)30-24-32-31(34-30)28-19-21-29(22-20-28)33-23-10-5-7-11-25-13-8-9-14-25/h15-22,24-25H,2-14,23H2,1H3. The van der Waals surface area contributed by atoms with E-state index >= 15 is 0 Å². The van der Waals surface area contributed by atoms with E-state index in [-0.39, 0.29) is 0 Å². The third kappa shape index (κ3) is 7.70. The number of hydrogen-bond acceptors (Lipinski definition) is 3. The summed E-state index contributed by atoms with van der Waals surface area (Å²) in [7, 11) is 0. The lowest BCUT2D eigenvalue weighted by atomic mass is 10.0. The van der Waals surface area contributed by atoms with Gasteiger partial charge >= 0.3 is 0 Å². The van der Waals surface area contributed by atoms with E-state index in [1.165, 1.54) is 93.1 Å². The molecule has 1 fully saturated rings. The third-order valence-electron chi connectivity index (χ3n) is 7.16. The van der Waals surface area contributed by atoms with E-state index in [1.54, 1.807) is 11.3 Å². The summed E-state index contributed by atoms with van der Waals surface area (Å²) in [5.74, 6) is 1.98. The summed E-state index contributed by atoms with van der Waals surface area (Å²) in [6.45, 7) is 3.08. The van der Waals surface area contributed by atoms with Crippen molar-refractivity contribution in [1.29, 1.82) is 0 Å². The van der Waals surface area contributed by atoms with Gasteiger partial charge in [0.05, 0.1) is 11.5 Å². The van der Waals surface area contributed by atoms with Crippen molar-refractivity contribution in [3.05, 3.63) is 60.3 Å². The van der Waals surface area contributed by atoms with Gasteiger partial charge in [-0.1, -0.05) is 95.4 Å². The highest BCUT2D eigenvalue weighted by Gasteiger charge is 2.13. The molecule has 3 aromatic rings. The molecule has 0 aliphatic heterocycles. The van der Waals surface area contributed by atoms with Crippen molar-refractivity contribution in [2.75, 3.05) is 6.61 Å². The smallest absolute Gasteiger partial charge is 0.123 e. The fourth-order valence-corrected chi connectivity index (χ4v) is 5.95. The van der Waals surface area contributed by atoms with Gasteiger partial charge in [-0.3, -0.25) is 0 Å². The van der Waals surface area contributed by atoms with Crippen LogP contribution in [0.4, 0.5) is 0 Å². The first-order chi connectivity index (χ1) is 16.8. The molecular weight excluding hydrogens is 434 g/mol. The maximum Gasteiger partial charge on any atom is 0.123 e. The van der Waals surface area contributed by atoms with Crippen LogP contribution in [0.2, 0.25) is 0 Å². The number of rotatable bonds is 14. The van der Waals surface area contributed by atoms with Crippen LogP contribution in [0.25, 0.3) is 21.0 Å². The largest absolute Gasteiger partial charge is 0.494 e. The van der Waals surface area contributed by atoms with E-state index in [4.69, 9.17) is 9.72 Å². The van der Waals surface area contributed by atoms with Gasteiger partial charge in [0.15, 0.2) is 0 Å². The van der Waals surface area contributed by atoms with Crippen molar-refractivity contribution in [2.45, 2.75) is 90.4 Å². The molecule has 0 N–H and O–H groups in total. The number of ether oxygens (including phenoxy) is 1. The second-order valence-corrected chi connectivity index (χ2v) is 10.9. The zero-order valence-corrected chi connectivity index (χ0v) is 21.8. The van der Waals surface area contributed by atoms with E-state index in [0.717, 1.165) is 35.3 Å². The first kappa shape index (κ1) is 25.0. The van der Waals surface area contributed by atoms with Crippen LogP contribution >= 0.6 is 11.3 Å². The SMILES string of the molecule is CCCCCCc1ccc(-c2cnc(-c3ccc(OCCCCCC4CCCC4)cc3)s2)cc1. The summed E-state index contributed by atoms with van der Waals surface area (Å²) in [5, 5.41) is 1.07. The summed E-state index contributed by atoms with van der Waals surface area (Å²) in [5.41, 5.74) is 3.86. The Hall–Kier alpha value is -2.13. The Kier molecular flexibility index (Phi) is 10.1. The predicted molar refractivity (Wildman–Crippen MR) is 147 cm³/mol. The van der Waals surface area contributed by atoms with Gasteiger partial charge in [0.25, 0.3) is 0 Å². The number of unbranched alkanes of at least 4 members (excludes halogenated alkanes) is 5. The minimum absolute atomic E-state index is 0.819. The number of benzene rings is 2. The average molecular weight is 476 g/mol. The lowest BCUT2D eigenvalue weighted by Gasteiger charge is -2.09. The van der Waals surface area contributed by atoms with E-state index in [1.807, 2.05) is 6.20 Å². The fraction of sp³-hybridized carbons (Fsp3) is 0.516. The molecule has 1 saturated carbocycles. The molecule has 34 heavy (non-hydrogen) atoms. The van der Waals surface area contributed by atoms with Crippen molar-refractivity contribution in [3.63, 3.8) is 0 Å². The third-order valence-corrected chi connectivity index (χ3v) is 8.26. The van der Waals surface area contributed by atoms with Crippen LogP contribution in [-0.2, 0) is 6.42 Å². The summed E-state index contributed by atoms with van der Waals surface area (Å²) >= 11 is 1.76. The van der Waals surface area contributed by atoms with Gasteiger partial charge in [0.1, 0.15) is 10.8 Å². The molecule has 0 unspecified atom stereocenters. The summed E-state index contributed by atoms with van der Waals surface area (Å²) in [6, 6.07) is 17.5. The Bertz CT molecular complexity index is 954. The molecule has 1 aliphatic rings. The van der Waals surface area contributed by atoms with E-state index in [9.17, 15) is 0 Å². The van der Waals surface area contributed by atoms with Gasteiger partial charge in [-0.25, -0.2) is 4.98 Å². The monoisotopic (exact) mass is 475 g/mol. The highest BCUT2D eigenvalue weighted by Crippen LogP contribution is 2.33. The Morgan fingerprint density at radius 1 is 0.824 bits per heavy atom. The Balaban J connectivity index is 1.21. The van der Waals surface area contributed by atoms with E-state index in [0.29, 0.717) is 0 Å². The minimum Gasteiger partial charge on any atom is -0.494 e. The molecule has 1 aromatic heterocycles. The quantitative estimate of drug-likeness (QED) is 0.216. The van der Waals surface area contributed by atoms with Gasteiger partial charge in [0, 0.05) is 11.8 Å². The summed E-state index contributed by atoms with van der Waals surface area (Å²) < 4.78 is 5.98. The molecule has 1 aliphatic carbocycles. The van der Waals surface area contributed by atoms with E-state index < -0.39 is 0 Å². The predicted octanol–water partition coefficient (Wildman–Crippen LogP) is 9.73.